The SMILES string of the molecule is COc1cc2nc(Cl)nc(-c3ccc(-c4ccccc4)s3)c2cc1OC. The Balaban J connectivity index is 1.90. The molecule has 0 saturated carbocycles. The van der Waals surface area contributed by atoms with Crippen LogP contribution in [0.15, 0.2) is 54.6 Å². The first-order valence-electron chi connectivity index (χ1n) is 7.94. The van der Waals surface area contributed by atoms with Crippen molar-refractivity contribution < 1.29 is 9.47 Å². The van der Waals surface area contributed by atoms with Gasteiger partial charge in [0.05, 0.1) is 30.3 Å². The first-order chi connectivity index (χ1) is 12.7. The van der Waals surface area contributed by atoms with Crippen LogP contribution < -0.4 is 9.47 Å². The van der Waals surface area contributed by atoms with Gasteiger partial charge in [0.25, 0.3) is 0 Å². The van der Waals surface area contributed by atoms with Gasteiger partial charge in [0, 0.05) is 16.3 Å². The van der Waals surface area contributed by atoms with Crippen molar-refractivity contribution in [1.82, 2.24) is 9.97 Å². The Morgan fingerprint density at radius 2 is 1.54 bits per heavy atom. The van der Waals surface area contributed by atoms with Gasteiger partial charge in [-0.25, -0.2) is 9.97 Å². The van der Waals surface area contributed by atoms with Gasteiger partial charge < -0.3 is 9.47 Å². The zero-order chi connectivity index (χ0) is 18.1. The highest BCUT2D eigenvalue weighted by Gasteiger charge is 2.15. The van der Waals surface area contributed by atoms with Crippen LogP contribution in [-0.2, 0) is 0 Å². The van der Waals surface area contributed by atoms with Gasteiger partial charge >= 0.3 is 0 Å². The highest BCUT2D eigenvalue weighted by Crippen LogP contribution is 2.40. The number of thiophene rings is 1. The van der Waals surface area contributed by atoms with Crippen LogP contribution in [-0.4, -0.2) is 24.2 Å². The van der Waals surface area contributed by atoms with Crippen LogP contribution in [0, 0.1) is 0 Å². The number of methoxy groups -OCH3 is 2. The smallest absolute Gasteiger partial charge is 0.223 e. The van der Waals surface area contributed by atoms with Crippen molar-refractivity contribution in [2.75, 3.05) is 14.2 Å². The minimum Gasteiger partial charge on any atom is -0.493 e. The molecule has 26 heavy (non-hydrogen) atoms. The molecule has 130 valence electrons. The van der Waals surface area contributed by atoms with Crippen molar-refractivity contribution in [3.8, 4) is 32.5 Å². The summed E-state index contributed by atoms with van der Waals surface area (Å²) in [5.74, 6) is 1.24. The summed E-state index contributed by atoms with van der Waals surface area (Å²) in [6.45, 7) is 0. The van der Waals surface area contributed by atoms with E-state index in [1.807, 2.05) is 30.3 Å². The summed E-state index contributed by atoms with van der Waals surface area (Å²) in [5.41, 5.74) is 2.67. The lowest BCUT2D eigenvalue weighted by Gasteiger charge is -2.10. The van der Waals surface area contributed by atoms with Crippen molar-refractivity contribution in [3.05, 3.63) is 59.9 Å². The molecule has 2 aromatic carbocycles. The highest BCUT2D eigenvalue weighted by molar-refractivity contribution is 7.18. The summed E-state index contributed by atoms with van der Waals surface area (Å²) < 4.78 is 10.8. The van der Waals surface area contributed by atoms with Crippen LogP contribution in [0.3, 0.4) is 0 Å². The maximum absolute atomic E-state index is 6.18. The summed E-state index contributed by atoms with van der Waals surface area (Å²) in [6.07, 6.45) is 0. The molecule has 0 amide bonds. The van der Waals surface area contributed by atoms with Crippen LogP contribution in [0.25, 0.3) is 31.9 Å². The normalized spacial score (nSPS) is 10.9. The number of hydrogen-bond donors (Lipinski definition) is 0. The molecule has 0 N–H and O–H groups in total. The predicted molar refractivity (Wildman–Crippen MR) is 106 cm³/mol. The summed E-state index contributed by atoms with van der Waals surface area (Å²) in [5, 5.41) is 1.07. The number of halogens is 1. The van der Waals surface area contributed by atoms with E-state index in [1.165, 1.54) is 10.4 Å². The van der Waals surface area contributed by atoms with Gasteiger partial charge in [0.1, 0.15) is 0 Å². The molecule has 0 atom stereocenters. The minimum atomic E-state index is 0.203. The van der Waals surface area contributed by atoms with Crippen LogP contribution in [0.5, 0.6) is 11.5 Å². The molecule has 0 fully saturated rings. The molecule has 4 nitrogen and oxygen atoms in total. The molecule has 0 aliphatic heterocycles. The molecule has 4 aromatic rings. The van der Waals surface area contributed by atoms with E-state index in [2.05, 4.69) is 34.2 Å². The molecule has 0 radical (unpaired) electrons. The second kappa shape index (κ2) is 6.94. The first kappa shape index (κ1) is 16.8. The van der Waals surface area contributed by atoms with E-state index in [0.717, 1.165) is 16.0 Å². The van der Waals surface area contributed by atoms with E-state index >= 15 is 0 Å². The summed E-state index contributed by atoms with van der Waals surface area (Å²) in [7, 11) is 3.21. The molecule has 4 rings (SSSR count). The van der Waals surface area contributed by atoms with Crippen molar-refractivity contribution in [2.24, 2.45) is 0 Å². The molecule has 0 aliphatic carbocycles. The zero-order valence-electron chi connectivity index (χ0n) is 14.2. The average Bonchev–Trinajstić information content (AvgIpc) is 3.17. The Hall–Kier alpha value is -2.63. The predicted octanol–water partition coefficient (Wildman–Crippen LogP) is 5.70. The van der Waals surface area contributed by atoms with Gasteiger partial charge in [-0.05, 0) is 35.4 Å². The van der Waals surface area contributed by atoms with E-state index in [-0.39, 0.29) is 5.28 Å². The summed E-state index contributed by atoms with van der Waals surface area (Å²) >= 11 is 7.84. The Morgan fingerprint density at radius 3 is 2.27 bits per heavy atom. The molecule has 0 spiro atoms. The van der Waals surface area contributed by atoms with Gasteiger partial charge in [0.2, 0.25) is 5.28 Å². The monoisotopic (exact) mass is 382 g/mol. The second-order valence-corrected chi connectivity index (χ2v) is 7.02. The lowest BCUT2D eigenvalue weighted by molar-refractivity contribution is 0.356. The molecule has 0 unspecified atom stereocenters. The standard InChI is InChI=1S/C20H15ClN2O2S/c1-24-15-10-13-14(11-16(15)25-2)22-20(21)23-19(13)18-9-8-17(26-18)12-6-4-3-5-7-12/h3-11H,1-2H3. The number of fused-ring (bicyclic) bond motifs is 1. The molecule has 6 heteroatoms. The Labute approximate surface area is 160 Å². The molecule has 2 heterocycles. The molecular formula is C20H15ClN2O2S. The molecule has 0 saturated heterocycles. The Kier molecular flexibility index (Phi) is 4.49. The number of ether oxygens (including phenoxy) is 2. The van der Waals surface area contributed by atoms with Gasteiger partial charge in [-0.15, -0.1) is 11.3 Å². The van der Waals surface area contributed by atoms with Gasteiger partial charge in [-0.3, -0.25) is 0 Å². The van der Waals surface area contributed by atoms with Crippen LogP contribution in [0.4, 0.5) is 0 Å². The number of aromatic nitrogens is 2. The minimum absolute atomic E-state index is 0.203. The lowest BCUT2D eigenvalue weighted by atomic mass is 10.1. The number of hydrogen-bond acceptors (Lipinski definition) is 5. The third-order valence-corrected chi connectivity index (χ3v) is 5.38. The van der Waals surface area contributed by atoms with Gasteiger partial charge in [0.15, 0.2) is 11.5 Å². The summed E-state index contributed by atoms with van der Waals surface area (Å²) in [6, 6.07) is 18.1. The van der Waals surface area contributed by atoms with Crippen LogP contribution in [0.2, 0.25) is 5.28 Å². The van der Waals surface area contributed by atoms with Crippen molar-refractivity contribution in [1.29, 1.82) is 0 Å². The van der Waals surface area contributed by atoms with E-state index < -0.39 is 0 Å². The Bertz CT molecular complexity index is 1080. The third-order valence-electron chi connectivity index (χ3n) is 4.07. The number of nitrogens with zero attached hydrogens (tertiary/aromatic N) is 2. The average molecular weight is 383 g/mol. The van der Waals surface area contributed by atoms with Gasteiger partial charge in [-0.1, -0.05) is 30.3 Å². The van der Waals surface area contributed by atoms with E-state index in [9.17, 15) is 0 Å². The summed E-state index contributed by atoms with van der Waals surface area (Å²) in [4.78, 5) is 11.0. The first-order valence-corrected chi connectivity index (χ1v) is 9.14. The van der Waals surface area contributed by atoms with E-state index in [0.29, 0.717) is 17.0 Å². The largest absolute Gasteiger partial charge is 0.493 e. The highest BCUT2D eigenvalue weighted by atomic mass is 35.5. The van der Waals surface area contributed by atoms with E-state index in [1.54, 1.807) is 25.6 Å². The van der Waals surface area contributed by atoms with E-state index in [4.69, 9.17) is 21.1 Å². The molecule has 2 aromatic heterocycles. The fourth-order valence-corrected chi connectivity index (χ4v) is 4.03. The molecular weight excluding hydrogens is 368 g/mol. The Morgan fingerprint density at radius 1 is 0.846 bits per heavy atom. The van der Waals surface area contributed by atoms with Crippen molar-refractivity contribution >= 4 is 33.8 Å². The second-order valence-electron chi connectivity index (χ2n) is 5.60. The van der Waals surface area contributed by atoms with Gasteiger partial charge in [-0.2, -0.15) is 0 Å². The maximum Gasteiger partial charge on any atom is 0.223 e. The van der Waals surface area contributed by atoms with Crippen LogP contribution >= 0.6 is 22.9 Å². The zero-order valence-corrected chi connectivity index (χ0v) is 15.8. The third kappa shape index (κ3) is 3.00. The van der Waals surface area contributed by atoms with Crippen molar-refractivity contribution in [2.45, 2.75) is 0 Å². The fourth-order valence-electron chi connectivity index (χ4n) is 2.84. The fraction of sp³-hybridized carbons (Fsp3) is 0.100. The lowest BCUT2D eigenvalue weighted by Crippen LogP contribution is -1.94. The maximum atomic E-state index is 6.18. The van der Waals surface area contributed by atoms with Crippen molar-refractivity contribution in [3.63, 3.8) is 0 Å². The quantitative estimate of drug-likeness (QED) is 0.425. The number of benzene rings is 2. The molecule has 0 aliphatic rings. The number of rotatable bonds is 4. The van der Waals surface area contributed by atoms with Crippen LogP contribution in [0.1, 0.15) is 0 Å². The topological polar surface area (TPSA) is 44.2 Å². The molecule has 0 bridgehead atoms.